The average molecular weight is 244 g/mol. The maximum absolute atomic E-state index is 5.84. The highest BCUT2D eigenvalue weighted by Crippen LogP contribution is 2.24. The molecule has 4 nitrogen and oxygen atoms in total. The Labute approximate surface area is 108 Å². The van der Waals surface area contributed by atoms with Crippen LogP contribution < -0.4 is 16.0 Å². The normalized spacial score (nSPS) is 20.2. The Morgan fingerprint density at radius 1 is 1.17 bits per heavy atom. The molecule has 96 valence electrons. The molecule has 1 aromatic rings. The van der Waals surface area contributed by atoms with Crippen LogP contribution in [0.25, 0.3) is 0 Å². The van der Waals surface area contributed by atoms with Crippen molar-refractivity contribution in [2.75, 3.05) is 23.3 Å². The molecular formula is C14H20N4. The second-order valence-corrected chi connectivity index (χ2v) is 5.11. The van der Waals surface area contributed by atoms with E-state index in [9.17, 15) is 0 Å². The summed E-state index contributed by atoms with van der Waals surface area (Å²) in [7, 11) is 0. The van der Waals surface area contributed by atoms with Crippen LogP contribution in [0.4, 0.5) is 11.4 Å². The fraction of sp³-hybridized carbons (Fsp3) is 0.500. The van der Waals surface area contributed by atoms with Crippen molar-refractivity contribution in [2.24, 2.45) is 10.7 Å². The number of aliphatic imine (C=N–C) groups is 1. The first-order chi connectivity index (χ1) is 8.81. The van der Waals surface area contributed by atoms with Gasteiger partial charge in [0.05, 0.1) is 6.04 Å². The van der Waals surface area contributed by atoms with Gasteiger partial charge < -0.3 is 16.0 Å². The molecule has 3 N–H and O–H groups in total. The number of anilines is 2. The molecule has 0 aromatic heterocycles. The quantitative estimate of drug-likeness (QED) is 0.633. The van der Waals surface area contributed by atoms with E-state index in [1.807, 2.05) is 0 Å². The van der Waals surface area contributed by atoms with Crippen LogP contribution in [-0.4, -0.2) is 25.1 Å². The fourth-order valence-corrected chi connectivity index (χ4v) is 2.31. The van der Waals surface area contributed by atoms with Gasteiger partial charge in [-0.2, -0.15) is 0 Å². The van der Waals surface area contributed by atoms with Crippen molar-refractivity contribution >= 4 is 17.3 Å². The molecule has 0 bridgehead atoms. The molecule has 1 aliphatic carbocycles. The van der Waals surface area contributed by atoms with Crippen molar-refractivity contribution < 1.29 is 0 Å². The third-order valence-electron chi connectivity index (χ3n) is 3.48. The van der Waals surface area contributed by atoms with Crippen LogP contribution in [-0.2, 0) is 0 Å². The molecule has 18 heavy (non-hydrogen) atoms. The highest BCUT2D eigenvalue weighted by atomic mass is 15.1. The van der Waals surface area contributed by atoms with Crippen molar-refractivity contribution in [3.05, 3.63) is 24.3 Å². The van der Waals surface area contributed by atoms with Crippen LogP contribution in [0.15, 0.2) is 29.3 Å². The van der Waals surface area contributed by atoms with E-state index in [1.165, 1.54) is 44.5 Å². The minimum Gasteiger partial charge on any atom is -0.372 e. The minimum atomic E-state index is 0.460. The van der Waals surface area contributed by atoms with Gasteiger partial charge in [-0.25, -0.2) is 4.99 Å². The van der Waals surface area contributed by atoms with Crippen molar-refractivity contribution in [1.29, 1.82) is 0 Å². The molecule has 4 heteroatoms. The number of hydrogen-bond acceptors (Lipinski definition) is 2. The molecule has 1 aliphatic heterocycles. The molecule has 1 heterocycles. The molecule has 2 fully saturated rings. The average Bonchev–Trinajstić information content (AvgIpc) is 3.01. The summed E-state index contributed by atoms with van der Waals surface area (Å²) >= 11 is 0. The molecule has 2 aliphatic rings. The van der Waals surface area contributed by atoms with Gasteiger partial charge in [-0.1, -0.05) is 0 Å². The smallest absolute Gasteiger partial charge is 0.193 e. The summed E-state index contributed by atoms with van der Waals surface area (Å²) in [6, 6.07) is 8.91. The number of rotatable bonds is 3. The van der Waals surface area contributed by atoms with Crippen LogP contribution in [0.5, 0.6) is 0 Å². The molecule has 0 atom stereocenters. The Hall–Kier alpha value is -1.71. The van der Waals surface area contributed by atoms with Gasteiger partial charge in [0.1, 0.15) is 0 Å². The standard InChI is InChI=1S/C14H20N4/c15-14(16-11-3-4-11)17-12-5-7-13(8-6-12)18-9-1-2-10-18/h5-8,11H,1-4,9-10H2,(H3,15,16,17). The van der Waals surface area contributed by atoms with Gasteiger partial charge in [-0.3, -0.25) is 0 Å². The van der Waals surface area contributed by atoms with Crippen molar-refractivity contribution in [2.45, 2.75) is 31.7 Å². The summed E-state index contributed by atoms with van der Waals surface area (Å²) in [4.78, 5) is 6.78. The summed E-state index contributed by atoms with van der Waals surface area (Å²) in [6.07, 6.45) is 4.97. The SMILES string of the molecule is NC(=NC1CC1)Nc1ccc(N2CCCC2)cc1. The molecule has 1 aromatic carbocycles. The molecule has 0 spiro atoms. The Kier molecular flexibility index (Phi) is 3.09. The van der Waals surface area contributed by atoms with Gasteiger partial charge in [0.15, 0.2) is 5.96 Å². The lowest BCUT2D eigenvalue weighted by Crippen LogP contribution is -2.23. The maximum Gasteiger partial charge on any atom is 0.193 e. The van der Waals surface area contributed by atoms with Gasteiger partial charge in [-0.05, 0) is 49.9 Å². The van der Waals surface area contributed by atoms with Crippen LogP contribution in [0.2, 0.25) is 0 Å². The summed E-state index contributed by atoms with van der Waals surface area (Å²) in [5.74, 6) is 0.534. The fourth-order valence-electron chi connectivity index (χ4n) is 2.31. The van der Waals surface area contributed by atoms with Gasteiger partial charge in [0, 0.05) is 24.5 Å². The van der Waals surface area contributed by atoms with Gasteiger partial charge in [-0.15, -0.1) is 0 Å². The van der Waals surface area contributed by atoms with Crippen molar-refractivity contribution in [1.82, 2.24) is 0 Å². The first-order valence-corrected chi connectivity index (χ1v) is 6.76. The third kappa shape index (κ3) is 2.75. The van der Waals surface area contributed by atoms with Gasteiger partial charge in [0.2, 0.25) is 0 Å². The van der Waals surface area contributed by atoms with Gasteiger partial charge in [0.25, 0.3) is 0 Å². The molecule has 1 saturated heterocycles. The second-order valence-electron chi connectivity index (χ2n) is 5.11. The number of nitrogens with zero attached hydrogens (tertiary/aromatic N) is 2. The van der Waals surface area contributed by atoms with E-state index in [-0.39, 0.29) is 0 Å². The number of benzene rings is 1. The van der Waals surface area contributed by atoms with Crippen LogP contribution in [0.3, 0.4) is 0 Å². The Balaban J connectivity index is 1.63. The number of nitrogens with one attached hydrogen (secondary N) is 1. The van der Waals surface area contributed by atoms with Crippen molar-refractivity contribution in [3.63, 3.8) is 0 Å². The van der Waals surface area contributed by atoms with E-state index >= 15 is 0 Å². The summed E-state index contributed by atoms with van der Waals surface area (Å²) < 4.78 is 0. The van der Waals surface area contributed by atoms with E-state index in [2.05, 4.69) is 39.5 Å². The second kappa shape index (κ2) is 4.88. The zero-order valence-corrected chi connectivity index (χ0v) is 10.6. The summed E-state index contributed by atoms with van der Waals surface area (Å²) in [6.45, 7) is 2.36. The monoisotopic (exact) mass is 244 g/mol. The molecule has 0 radical (unpaired) electrons. The summed E-state index contributed by atoms with van der Waals surface area (Å²) in [5.41, 5.74) is 8.15. The lowest BCUT2D eigenvalue weighted by Gasteiger charge is -2.17. The largest absolute Gasteiger partial charge is 0.372 e. The molecule has 0 amide bonds. The van der Waals surface area contributed by atoms with Crippen molar-refractivity contribution in [3.8, 4) is 0 Å². The Morgan fingerprint density at radius 3 is 2.44 bits per heavy atom. The Morgan fingerprint density at radius 2 is 1.83 bits per heavy atom. The zero-order chi connectivity index (χ0) is 12.4. The maximum atomic E-state index is 5.84. The molecule has 3 rings (SSSR count). The minimum absolute atomic E-state index is 0.460. The lowest BCUT2D eigenvalue weighted by atomic mass is 10.2. The van der Waals surface area contributed by atoms with E-state index < -0.39 is 0 Å². The Bertz CT molecular complexity index is 428. The lowest BCUT2D eigenvalue weighted by molar-refractivity contribution is 0.949. The van der Waals surface area contributed by atoms with E-state index in [0.29, 0.717) is 12.0 Å². The number of nitrogens with two attached hydrogens (primary N) is 1. The van der Waals surface area contributed by atoms with E-state index in [4.69, 9.17) is 5.73 Å². The third-order valence-corrected chi connectivity index (χ3v) is 3.48. The molecule has 0 unspecified atom stereocenters. The van der Waals surface area contributed by atoms with Crippen LogP contribution >= 0.6 is 0 Å². The van der Waals surface area contributed by atoms with E-state index in [0.717, 1.165) is 5.69 Å². The van der Waals surface area contributed by atoms with E-state index in [1.54, 1.807) is 0 Å². The van der Waals surface area contributed by atoms with Gasteiger partial charge >= 0.3 is 0 Å². The molecule has 1 saturated carbocycles. The van der Waals surface area contributed by atoms with Crippen LogP contribution in [0.1, 0.15) is 25.7 Å². The predicted octanol–water partition coefficient (Wildman–Crippen LogP) is 2.18. The highest BCUT2D eigenvalue weighted by Gasteiger charge is 2.20. The number of hydrogen-bond donors (Lipinski definition) is 2. The summed E-state index contributed by atoms with van der Waals surface area (Å²) in [5, 5.41) is 3.14. The topological polar surface area (TPSA) is 53.6 Å². The van der Waals surface area contributed by atoms with Crippen LogP contribution in [0, 0.1) is 0 Å². The first kappa shape index (κ1) is 11.4. The molecular weight excluding hydrogens is 224 g/mol. The zero-order valence-electron chi connectivity index (χ0n) is 10.6. The highest BCUT2D eigenvalue weighted by molar-refractivity contribution is 5.92. The number of guanidine groups is 1. The predicted molar refractivity (Wildman–Crippen MR) is 76.2 cm³/mol. The first-order valence-electron chi connectivity index (χ1n) is 6.76.